The van der Waals surface area contributed by atoms with E-state index < -0.39 is 35.1 Å². The summed E-state index contributed by atoms with van der Waals surface area (Å²) < 4.78 is 26.1. The van der Waals surface area contributed by atoms with Gasteiger partial charge in [-0.2, -0.15) is 5.01 Å². The number of benzene rings is 1. The molecule has 4 rings (SSSR count). The van der Waals surface area contributed by atoms with Gasteiger partial charge in [0.15, 0.2) is 0 Å². The molecule has 4 N–H and O–H groups in total. The molecule has 11 heteroatoms. The summed E-state index contributed by atoms with van der Waals surface area (Å²) in [6.45, 7) is 11.4. The molecule has 1 unspecified atom stereocenters. The molecule has 0 aromatic heterocycles. The molecule has 37 heavy (non-hydrogen) atoms. The summed E-state index contributed by atoms with van der Waals surface area (Å²) in [7, 11) is 0. The van der Waals surface area contributed by atoms with Crippen molar-refractivity contribution in [2.24, 2.45) is 11.3 Å². The number of hydrogen-bond acceptors (Lipinski definition) is 8. The predicted octanol–water partition coefficient (Wildman–Crippen LogP) is 4.14. The summed E-state index contributed by atoms with van der Waals surface area (Å²) in [6, 6.07) is 2.68. The lowest BCUT2D eigenvalue weighted by Crippen LogP contribution is -2.45. The first-order valence-corrected chi connectivity index (χ1v) is 12.7. The first-order valence-electron chi connectivity index (χ1n) is 12.7. The molecule has 3 fully saturated rings. The zero-order valence-corrected chi connectivity index (χ0v) is 22.4. The third kappa shape index (κ3) is 6.44. The highest BCUT2D eigenvalue weighted by Crippen LogP contribution is 2.54. The van der Waals surface area contributed by atoms with Crippen LogP contribution < -0.4 is 21.4 Å². The third-order valence-electron chi connectivity index (χ3n) is 6.64. The van der Waals surface area contributed by atoms with Crippen LogP contribution in [-0.4, -0.2) is 59.5 Å². The molecule has 3 amide bonds. The Morgan fingerprint density at radius 3 is 2.24 bits per heavy atom. The van der Waals surface area contributed by atoms with Crippen molar-refractivity contribution in [3.05, 3.63) is 23.5 Å². The quantitative estimate of drug-likeness (QED) is 0.301. The maximum atomic E-state index is 15.5. The Hall–Kier alpha value is -3.08. The number of nitrogens with zero attached hydrogens (tertiary/aromatic N) is 2. The van der Waals surface area contributed by atoms with E-state index >= 15 is 4.39 Å². The van der Waals surface area contributed by atoms with Crippen LogP contribution in [0, 0.1) is 11.2 Å². The van der Waals surface area contributed by atoms with Crippen LogP contribution in [0.5, 0.6) is 0 Å². The topological polar surface area (TPSA) is 126 Å². The van der Waals surface area contributed by atoms with Crippen molar-refractivity contribution in [1.29, 1.82) is 0 Å². The fraction of sp³-hybridized carbons (Fsp3) is 0.654. The van der Waals surface area contributed by atoms with Gasteiger partial charge in [0.05, 0.1) is 17.3 Å². The SMILES string of the molecule is CC(C)(C)OC(=O)NC1CN(c2cc(NC3CC3)c(C(=O)N(N)C(=O)OC(C)(C)C)cc2F)CC12CC2. The monoisotopic (exact) mass is 519 g/mol. The van der Waals surface area contributed by atoms with Gasteiger partial charge in [0.25, 0.3) is 5.91 Å². The first kappa shape index (κ1) is 27.0. The number of halogens is 1. The van der Waals surface area contributed by atoms with Crippen molar-refractivity contribution >= 4 is 29.5 Å². The maximum Gasteiger partial charge on any atom is 0.432 e. The molecule has 1 aliphatic heterocycles. The second-order valence-corrected chi connectivity index (χ2v) is 12.4. The summed E-state index contributed by atoms with van der Waals surface area (Å²) in [5.41, 5.74) is -0.931. The number of carbonyl (C=O) groups is 3. The Balaban J connectivity index is 1.56. The van der Waals surface area contributed by atoms with Crippen molar-refractivity contribution in [3.8, 4) is 0 Å². The summed E-state index contributed by atoms with van der Waals surface area (Å²) in [6.07, 6.45) is 2.18. The molecule has 0 radical (unpaired) electrons. The predicted molar refractivity (Wildman–Crippen MR) is 137 cm³/mol. The van der Waals surface area contributed by atoms with E-state index in [4.69, 9.17) is 15.3 Å². The van der Waals surface area contributed by atoms with Crippen LogP contribution in [0.4, 0.5) is 25.4 Å². The lowest BCUT2D eigenvalue weighted by atomic mass is 10.0. The van der Waals surface area contributed by atoms with Crippen LogP contribution in [0.15, 0.2) is 12.1 Å². The van der Waals surface area contributed by atoms with Crippen LogP contribution in [-0.2, 0) is 9.47 Å². The normalized spacial score (nSPS) is 20.4. The molecular formula is C26H38FN5O5. The highest BCUT2D eigenvalue weighted by atomic mass is 19.1. The highest BCUT2D eigenvalue weighted by molar-refractivity contribution is 6.06. The van der Waals surface area contributed by atoms with Gasteiger partial charge in [-0.1, -0.05) is 0 Å². The highest BCUT2D eigenvalue weighted by Gasteiger charge is 2.56. The molecule has 1 aromatic rings. The summed E-state index contributed by atoms with van der Waals surface area (Å²) in [4.78, 5) is 39.8. The number of hydrazine groups is 1. The third-order valence-corrected chi connectivity index (χ3v) is 6.64. The first-order chi connectivity index (χ1) is 17.1. The molecular weight excluding hydrogens is 481 g/mol. The van der Waals surface area contributed by atoms with E-state index in [2.05, 4.69) is 10.6 Å². The molecule has 0 bridgehead atoms. The van der Waals surface area contributed by atoms with Gasteiger partial charge in [-0.3, -0.25) is 4.79 Å². The van der Waals surface area contributed by atoms with Gasteiger partial charge in [0.1, 0.15) is 17.0 Å². The Labute approximate surface area is 217 Å². The van der Waals surface area contributed by atoms with Crippen molar-refractivity contribution in [3.63, 3.8) is 0 Å². The Kier molecular flexibility index (Phi) is 6.81. The van der Waals surface area contributed by atoms with Crippen molar-refractivity contribution in [2.45, 2.75) is 90.5 Å². The summed E-state index contributed by atoms with van der Waals surface area (Å²) in [5, 5.41) is 6.60. The number of anilines is 2. The lowest BCUT2D eigenvalue weighted by molar-refractivity contribution is 0.0239. The fourth-order valence-electron chi connectivity index (χ4n) is 4.54. The fourth-order valence-corrected chi connectivity index (χ4v) is 4.54. The van der Waals surface area contributed by atoms with Gasteiger partial charge >= 0.3 is 12.2 Å². The smallest absolute Gasteiger partial charge is 0.432 e. The number of nitrogens with two attached hydrogens (primary N) is 1. The van der Waals surface area contributed by atoms with E-state index in [9.17, 15) is 14.4 Å². The van der Waals surface area contributed by atoms with E-state index in [1.54, 1.807) is 47.6 Å². The minimum atomic E-state index is -1.02. The number of amides is 3. The number of rotatable bonds is 5. The van der Waals surface area contributed by atoms with Gasteiger partial charge in [0, 0.05) is 30.2 Å². The lowest BCUT2D eigenvalue weighted by Gasteiger charge is -2.25. The minimum Gasteiger partial charge on any atom is -0.444 e. The van der Waals surface area contributed by atoms with Crippen LogP contribution >= 0.6 is 0 Å². The van der Waals surface area contributed by atoms with Crippen LogP contribution in [0.25, 0.3) is 0 Å². The van der Waals surface area contributed by atoms with Gasteiger partial charge in [-0.05, 0) is 79.4 Å². The number of alkyl carbamates (subject to hydrolysis) is 1. The van der Waals surface area contributed by atoms with Crippen molar-refractivity contribution in [2.75, 3.05) is 23.3 Å². The van der Waals surface area contributed by atoms with Crippen LogP contribution in [0.2, 0.25) is 0 Å². The van der Waals surface area contributed by atoms with E-state index in [1.807, 2.05) is 4.90 Å². The average Bonchev–Trinajstić information content (AvgIpc) is 3.66. The number of carbonyl (C=O) groups excluding carboxylic acids is 3. The number of ether oxygens (including phenoxy) is 2. The van der Waals surface area contributed by atoms with Crippen LogP contribution in [0.3, 0.4) is 0 Å². The van der Waals surface area contributed by atoms with Gasteiger partial charge in [-0.15, -0.1) is 0 Å². The molecule has 3 aliphatic rings. The van der Waals surface area contributed by atoms with Gasteiger partial charge in [-0.25, -0.2) is 19.8 Å². The molecule has 1 spiro atoms. The molecule has 10 nitrogen and oxygen atoms in total. The molecule has 1 aromatic carbocycles. The Morgan fingerprint density at radius 2 is 1.70 bits per heavy atom. The molecule has 2 aliphatic carbocycles. The second-order valence-electron chi connectivity index (χ2n) is 12.4. The Bertz CT molecular complexity index is 1090. The van der Waals surface area contributed by atoms with Crippen LogP contribution in [0.1, 0.15) is 77.6 Å². The van der Waals surface area contributed by atoms with E-state index in [0.717, 1.165) is 31.7 Å². The number of hydrogen-bond donors (Lipinski definition) is 3. The average molecular weight is 520 g/mol. The van der Waals surface area contributed by atoms with E-state index in [-0.39, 0.29) is 23.1 Å². The van der Waals surface area contributed by atoms with Gasteiger partial charge in [0.2, 0.25) is 0 Å². The minimum absolute atomic E-state index is 0.0507. The molecule has 1 heterocycles. The number of nitrogens with one attached hydrogen (secondary N) is 2. The van der Waals surface area contributed by atoms with Crippen molar-refractivity contribution in [1.82, 2.24) is 10.3 Å². The summed E-state index contributed by atoms with van der Waals surface area (Å²) in [5.74, 6) is 4.29. The zero-order chi connectivity index (χ0) is 27.3. The van der Waals surface area contributed by atoms with Crippen molar-refractivity contribution < 1.29 is 28.2 Å². The standard InChI is InChI=1S/C26H38FN5O5/c1-24(2,3)36-22(34)30-20-13-31(14-26(20)9-10-26)19-12-18(29-15-7-8-15)16(11-17(19)27)21(33)32(28)23(35)37-25(4,5)6/h11-12,15,20,29H,7-10,13-14,28H2,1-6H3,(H,30,34). The van der Waals surface area contributed by atoms with Gasteiger partial charge < -0.3 is 25.0 Å². The molecule has 2 saturated carbocycles. The molecule has 1 saturated heterocycles. The molecule has 1 atom stereocenters. The van der Waals surface area contributed by atoms with E-state index in [1.165, 1.54) is 0 Å². The number of imide groups is 1. The molecule has 204 valence electrons. The van der Waals surface area contributed by atoms with E-state index in [0.29, 0.717) is 29.5 Å². The Morgan fingerprint density at radius 1 is 1.08 bits per heavy atom. The zero-order valence-electron chi connectivity index (χ0n) is 22.4. The summed E-state index contributed by atoms with van der Waals surface area (Å²) >= 11 is 0. The maximum absolute atomic E-state index is 15.5. The largest absolute Gasteiger partial charge is 0.444 e. The second kappa shape index (κ2) is 9.34.